The van der Waals surface area contributed by atoms with Crippen molar-refractivity contribution in [1.29, 1.82) is 0 Å². The number of nitrogens with one attached hydrogen (secondary N) is 2. The minimum absolute atomic E-state index is 0.0238. The quantitative estimate of drug-likeness (QED) is 0.527. The van der Waals surface area contributed by atoms with Gasteiger partial charge in [0.15, 0.2) is 0 Å². The van der Waals surface area contributed by atoms with Crippen molar-refractivity contribution >= 4 is 11.9 Å². The van der Waals surface area contributed by atoms with Crippen LogP contribution in [0.5, 0.6) is 0 Å². The molecule has 2 unspecified atom stereocenters. The van der Waals surface area contributed by atoms with E-state index in [1.807, 2.05) is 13.8 Å². The van der Waals surface area contributed by atoms with E-state index >= 15 is 0 Å². The number of aliphatic hydroxyl groups is 1. The third-order valence-electron chi connectivity index (χ3n) is 2.49. The average molecular weight is 245 g/mol. The van der Waals surface area contributed by atoms with E-state index in [2.05, 4.69) is 10.6 Å². The summed E-state index contributed by atoms with van der Waals surface area (Å²) < 4.78 is 0. The molecule has 0 bridgehead atoms. The van der Waals surface area contributed by atoms with E-state index in [1.54, 1.807) is 13.8 Å². The van der Waals surface area contributed by atoms with Gasteiger partial charge >= 0.3 is 6.03 Å². The van der Waals surface area contributed by atoms with Gasteiger partial charge in [0.25, 0.3) is 0 Å². The summed E-state index contributed by atoms with van der Waals surface area (Å²) in [5, 5.41) is 14.5. The average Bonchev–Trinajstić information content (AvgIpc) is 2.20. The van der Waals surface area contributed by atoms with Crippen molar-refractivity contribution in [3.05, 3.63) is 0 Å². The smallest absolute Gasteiger partial charge is 0.312 e. The van der Waals surface area contributed by atoms with Crippen molar-refractivity contribution in [2.45, 2.75) is 45.8 Å². The number of nitrogens with two attached hydrogens (primary N) is 1. The van der Waals surface area contributed by atoms with Crippen LogP contribution in [0.3, 0.4) is 0 Å². The number of rotatable bonds is 6. The van der Waals surface area contributed by atoms with Crippen LogP contribution in [0.2, 0.25) is 0 Å². The van der Waals surface area contributed by atoms with Crippen molar-refractivity contribution in [3.63, 3.8) is 0 Å². The second kappa shape index (κ2) is 6.44. The topological polar surface area (TPSA) is 104 Å². The van der Waals surface area contributed by atoms with Gasteiger partial charge in [-0.2, -0.15) is 0 Å². The SMILES string of the molecule is CCC(C)C(NC(N)=O)C(=O)NCC(C)(C)O. The van der Waals surface area contributed by atoms with Gasteiger partial charge in [-0.05, 0) is 19.8 Å². The van der Waals surface area contributed by atoms with Gasteiger partial charge in [0, 0.05) is 6.54 Å². The van der Waals surface area contributed by atoms with Gasteiger partial charge in [0.05, 0.1) is 5.60 Å². The monoisotopic (exact) mass is 245 g/mol. The van der Waals surface area contributed by atoms with Crippen molar-refractivity contribution < 1.29 is 14.7 Å². The summed E-state index contributed by atoms with van der Waals surface area (Å²) in [6, 6.07) is -1.39. The summed E-state index contributed by atoms with van der Waals surface area (Å²) in [5.41, 5.74) is 4.04. The number of carbonyl (C=O) groups is 2. The van der Waals surface area contributed by atoms with E-state index in [1.165, 1.54) is 0 Å². The van der Waals surface area contributed by atoms with E-state index < -0.39 is 17.7 Å². The minimum Gasteiger partial charge on any atom is -0.389 e. The summed E-state index contributed by atoms with van der Waals surface area (Å²) in [4.78, 5) is 22.7. The third kappa shape index (κ3) is 6.78. The highest BCUT2D eigenvalue weighted by molar-refractivity contribution is 5.86. The maximum Gasteiger partial charge on any atom is 0.312 e. The Bertz CT molecular complexity index is 274. The Kier molecular flexibility index (Phi) is 5.95. The largest absolute Gasteiger partial charge is 0.389 e. The Morgan fingerprint density at radius 3 is 2.29 bits per heavy atom. The second-order valence-electron chi connectivity index (χ2n) is 4.90. The second-order valence-corrected chi connectivity index (χ2v) is 4.90. The molecule has 0 aromatic carbocycles. The molecule has 0 saturated carbocycles. The van der Waals surface area contributed by atoms with E-state index in [0.29, 0.717) is 0 Å². The number of urea groups is 1. The van der Waals surface area contributed by atoms with Crippen LogP contribution in [-0.4, -0.2) is 35.2 Å². The zero-order chi connectivity index (χ0) is 13.6. The molecular weight excluding hydrogens is 222 g/mol. The highest BCUT2D eigenvalue weighted by atomic mass is 16.3. The molecule has 5 N–H and O–H groups in total. The van der Waals surface area contributed by atoms with Gasteiger partial charge in [-0.25, -0.2) is 4.79 Å². The highest BCUT2D eigenvalue weighted by Crippen LogP contribution is 2.08. The fourth-order valence-electron chi connectivity index (χ4n) is 1.27. The molecule has 0 aromatic heterocycles. The molecule has 3 amide bonds. The first-order valence-electron chi connectivity index (χ1n) is 5.73. The lowest BCUT2D eigenvalue weighted by atomic mass is 9.98. The van der Waals surface area contributed by atoms with Crippen LogP contribution in [0.25, 0.3) is 0 Å². The van der Waals surface area contributed by atoms with Crippen molar-refractivity contribution in [1.82, 2.24) is 10.6 Å². The van der Waals surface area contributed by atoms with Crippen LogP contribution >= 0.6 is 0 Å². The Morgan fingerprint density at radius 1 is 1.41 bits per heavy atom. The molecule has 0 fully saturated rings. The molecule has 0 aromatic rings. The minimum atomic E-state index is -0.984. The molecule has 0 saturated heterocycles. The van der Waals surface area contributed by atoms with Crippen molar-refractivity contribution in [3.8, 4) is 0 Å². The molecule has 0 radical (unpaired) electrons. The lowest BCUT2D eigenvalue weighted by molar-refractivity contribution is -0.125. The Morgan fingerprint density at radius 2 is 1.94 bits per heavy atom. The first-order chi connectivity index (χ1) is 7.67. The van der Waals surface area contributed by atoms with Crippen molar-refractivity contribution in [2.24, 2.45) is 11.7 Å². The van der Waals surface area contributed by atoms with E-state index in [0.717, 1.165) is 6.42 Å². The van der Waals surface area contributed by atoms with Crippen molar-refractivity contribution in [2.75, 3.05) is 6.54 Å². The molecule has 6 nitrogen and oxygen atoms in total. The molecule has 2 atom stereocenters. The van der Waals surface area contributed by atoms with Gasteiger partial charge < -0.3 is 21.5 Å². The molecular formula is C11H23N3O3. The maximum absolute atomic E-state index is 11.8. The molecule has 0 spiro atoms. The zero-order valence-electron chi connectivity index (χ0n) is 10.9. The van der Waals surface area contributed by atoms with Gasteiger partial charge in [-0.1, -0.05) is 20.3 Å². The Balaban J connectivity index is 4.48. The molecule has 0 heterocycles. The molecule has 0 aliphatic rings. The number of primary amides is 1. The molecule has 17 heavy (non-hydrogen) atoms. The molecule has 0 rings (SSSR count). The Labute approximate surface area is 102 Å². The third-order valence-corrected chi connectivity index (χ3v) is 2.49. The van der Waals surface area contributed by atoms with Crippen LogP contribution < -0.4 is 16.4 Å². The summed E-state index contributed by atoms with van der Waals surface area (Å²) >= 11 is 0. The van der Waals surface area contributed by atoms with E-state index in [-0.39, 0.29) is 18.4 Å². The van der Waals surface area contributed by atoms with Crippen LogP contribution in [0.1, 0.15) is 34.1 Å². The fraction of sp³-hybridized carbons (Fsp3) is 0.818. The van der Waals surface area contributed by atoms with Crippen LogP contribution in [-0.2, 0) is 4.79 Å². The standard InChI is InChI=1S/C11H23N3O3/c1-5-7(2)8(14-10(12)16)9(15)13-6-11(3,4)17/h7-8,17H,5-6H2,1-4H3,(H,13,15)(H3,12,14,16). The van der Waals surface area contributed by atoms with Gasteiger partial charge in [0.2, 0.25) is 5.91 Å². The number of hydrogen-bond acceptors (Lipinski definition) is 3. The first-order valence-corrected chi connectivity index (χ1v) is 5.73. The summed E-state index contributed by atoms with van der Waals surface area (Å²) in [7, 11) is 0. The first kappa shape index (κ1) is 15.7. The number of carbonyl (C=O) groups excluding carboxylic acids is 2. The molecule has 0 aliphatic heterocycles. The molecule has 100 valence electrons. The zero-order valence-corrected chi connectivity index (χ0v) is 10.9. The lowest BCUT2D eigenvalue weighted by Crippen LogP contribution is -2.53. The maximum atomic E-state index is 11.8. The van der Waals surface area contributed by atoms with Crippen LogP contribution in [0.15, 0.2) is 0 Å². The number of hydrogen-bond donors (Lipinski definition) is 4. The van der Waals surface area contributed by atoms with Gasteiger partial charge in [0.1, 0.15) is 6.04 Å². The summed E-state index contributed by atoms with van der Waals surface area (Å²) in [5.74, 6) is -0.357. The summed E-state index contributed by atoms with van der Waals surface area (Å²) in [6.07, 6.45) is 0.737. The molecule has 6 heteroatoms. The summed E-state index contributed by atoms with van der Waals surface area (Å²) in [6.45, 7) is 7.08. The van der Waals surface area contributed by atoms with Crippen LogP contribution in [0.4, 0.5) is 4.79 Å². The van der Waals surface area contributed by atoms with E-state index in [4.69, 9.17) is 5.73 Å². The van der Waals surface area contributed by atoms with Gasteiger partial charge in [-0.15, -0.1) is 0 Å². The normalized spacial score (nSPS) is 14.9. The molecule has 0 aliphatic carbocycles. The fourth-order valence-corrected chi connectivity index (χ4v) is 1.27. The lowest BCUT2D eigenvalue weighted by Gasteiger charge is -2.25. The predicted octanol–water partition coefficient (Wildman–Crippen LogP) is -0.0435. The number of amides is 3. The Hall–Kier alpha value is -1.30. The van der Waals surface area contributed by atoms with Gasteiger partial charge in [-0.3, -0.25) is 4.79 Å². The predicted molar refractivity (Wildman–Crippen MR) is 65.3 cm³/mol. The van der Waals surface area contributed by atoms with E-state index in [9.17, 15) is 14.7 Å². The van der Waals surface area contributed by atoms with Crippen LogP contribution in [0, 0.1) is 5.92 Å². The highest BCUT2D eigenvalue weighted by Gasteiger charge is 2.26.